The van der Waals surface area contributed by atoms with Crippen molar-refractivity contribution in [1.82, 2.24) is 14.6 Å². The number of rotatable bonds is 2. The molecule has 0 aliphatic carbocycles. The molecule has 2 aromatic carbocycles. The van der Waals surface area contributed by atoms with Crippen molar-refractivity contribution in [3.05, 3.63) is 75.8 Å². The number of fused-ring (bicyclic) bond motifs is 1. The van der Waals surface area contributed by atoms with E-state index in [1.807, 2.05) is 18.2 Å². The molecule has 118 valence electrons. The van der Waals surface area contributed by atoms with Crippen molar-refractivity contribution in [2.24, 2.45) is 0 Å². The average Bonchev–Trinajstić information content (AvgIpc) is 3.00. The van der Waals surface area contributed by atoms with Crippen LogP contribution >= 0.6 is 22.9 Å². The maximum absolute atomic E-state index is 14.0. The minimum absolute atomic E-state index is 0.190. The maximum atomic E-state index is 14.0. The molecule has 0 unspecified atom stereocenters. The van der Waals surface area contributed by atoms with E-state index in [1.165, 1.54) is 27.9 Å². The Morgan fingerprint density at radius 3 is 2.46 bits per heavy atom. The topological polar surface area (TPSA) is 47.3 Å². The summed E-state index contributed by atoms with van der Waals surface area (Å²) >= 11 is 7.47. The molecule has 4 aromatic rings. The molecular weight excluding hydrogens is 349 g/mol. The molecule has 0 aliphatic rings. The molecule has 0 amide bonds. The molecule has 0 atom stereocenters. The summed E-state index contributed by atoms with van der Waals surface area (Å²) in [7, 11) is 0. The second kappa shape index (κ2) is 5.81. The van der Waals surface area contributed by atoms with Gasteiger partial charge in [-0.15, -0.1) is 10.2 Å². The fourth-order valence-electron chi connectivity index (χ4n) is 2.45. The van der Waals surface area contributed by atoms with Gasteiger partial charge in [-0.3, -0.25) is 4.79 Å². The number of aromatic nitrogens is 3. The van der Waals surface area contributed by atoms with E-state index in [9.17, 15) is 9.18 Å². The number of hydrogen-bond donors (Lipinski definition) is 0. The predicted octanol–water partition coefficient (Wildman–Crippen LogP) is 4.28. The van der Waals surface area contributed by atoms with Crippen molar-refractivity contribution in [3.8, 4) is 21.8 Å². The highest BCUT2D eigenvalue weighted by atomic mass is 35.5. The van der Waals surface area contributed by atoms with E-state index in [-0.39, 0.29) is 16.9 Å². The van der Waals surface area contributed by atoms with Crippen molar-refractivity contribution in [2.75, 3.05) is 0 Å². The van der Waals surface area contributed by atoms with Crippen LogP contribution in [0.25, 0.3) is 26.8 Å². The van der Waals surface area contributed by atoms with E-state index in [0.29, 0.717) is 14.9 Å². The van der Waals surface area contributed by atoms with Gasteiger partial charge in [0.2, 0.25) is 4.96 Å². The summed E-state index contributed by atoms with van der Waals surface area (Å²) in [5.41, 5.74) is 0.654. The van der Waals surface area contributed by atoms with Crippen LogP contribution in [0.1, 0.15) is 0 Å². The van der Waals surface area contributed by atoms with Gasteiger partial charge in [-0.05, 0) is 18.2 Å². The van der Waals surface area contributed by atoms with Gasteiger partial charge in [-0.2, -0.15) is 0 Å². The van der Waals surface area contributed by atoms with Crippen LogP contribution in [0.3, 0.4) is 0 Å². The lowest BCUT2D eigenvalue weighted by Crippen LogP contribution is -2.12. The Bertz CT molecular complexity index is 1120. The zero-order chi connectivity index (χ0) is 16.7. The highest BCUT2D eigenvalue weighted by molar-refractivity contribution is 7.20. The molecule has 0 radical (unpaired) electrons. The number of hydrogen-bond acceptors (Lipinski definition) is 4. The number of halogens is 2. The Kier molecular flexibility index (Phi) is 3.63. The summed E-state index contributed by atoms with van der Waals surface area (Å²) in [5, 5.41) is 8.58. The minimum atomic E-state index is -0.452. The maximum Gasteiger partial charge on any atom is 0.260 e. The molecule has 4 rings (SSSR count). The summed E-state index contributed by atoms with van der Waals surface area (Å²) < 4.78 is 15.3. The fourth-order valence-corrected chi connectivity index (χ4v) is 3.74. The summed E-state index contributed by atoms with van der Waals surface area (Å²) in [5.74, 6) is -0.263. The van der Waals surface area contributed by atoms with Gasteiger partial charge < -0.3 is 0 Å². The summed E-state index contributed by atoms with van der Waals surface area (Å²) in [6, 6.07) is 14.9. The first kappa shape index (κ1) is 15.0. The minimum Gasteiger partial charge on any atom is -0.269 e. The summed E-state index contributed by atoms with van der Waals surface area (Å²) in [6.45, 7) is 0. The second-order valence-electron chi connectivity index (χ2n) is 5.05. The van der Waals surface area contributed by atoms with Crippen LogP contribution in [0.15, 0.2) is 59.4 Å². The largest absolute Gasteiger partial charge is 0.269 e. The van der Waals surface area contributed by atoms with E-state index >= 15 is 0 Å². The third kappa shape index (κ3) is 2.40. The van der Waals surface area contributed by atoms with Crippen LogP contribution in [0.5, 0.6) is 0 Å². The smallest absolute Gasteiger partial charge is 0.260 e. The van der Waals surface area contributed by atoms with E-state index < -0.39 is 5.82 Å². The van der Waals surface area contributed by atoms with Crippen LogP contribution in [0.2, 0.25) is 5.02 Å². The van der Waals surface area contributed by atoms with Crippen molar-refractivity contribution in [1.29, 1.82) is 0 Å². The monoisotopic (exact) mass is 357 g/mol. The normalized spacial score (nSPS) is 11.1. The molecule has 0 bridgehead atoms. The second-order valence-corrected chi connectivity index (χ2v) is 6.47. The lowest BCUT2D eigenvalue weighted by Gasteiger charge is -2.04. The lowest BCUT2D eigenvalue weighted by molar-refractivity contribution is 0.629. The van der Waals surface area contributed by atoms with Gasteiger partial charge in [0.15, 0.2) is 5.82 Å². The van der Waals surface area contributed by atoms with Gasteiger partial charge >= 0.3 is 0 Å². The summed E-state index contributed by atoms with van der Waals surface area (Å²) in [6.07, 6.45) is 0. The molecule has 0 fully saturated rings. The zero-order valence-electron chi connectivity index (χ0n) is 12.1. The molecule has 4 nitrogen and oxygen atoms in total. The van der Waals surface area contributed by atoms with Crippen molar-refractivity contribution < 1.29 is 4.39 Å². The Morgan fingerprint density at radius 1 is 1.00 bits per heavy atom. The molecular formula is C17H9ClFN3OS. The fraction of sp³-hybridized carbons (Fsp3) is 0. The molecule has 2 heterocycles. The molecule has 2 aromatic heterocycles. The third-order valence-corrected chi connectivity index (χ3v) is 4.90. The Labute approximate surface area is 144 Å². The van der Waals surface area contributed by atoms with Crippen LogP contribution in [-0.2, 0) is 0 Å². The third-order valence-electron chi connectivity index (χ3n) is 3.56. The number of benzene rings is 2. The van der Waals surface area contributed by atoms with Gasteiger partial charge in [0.25, 0.3) is 5.56 Å². The number of nitrogens with zero attached hydrogens (tertiary/aromatic N) is 3. The zero-order valence-corrected chi connectivity index (χ0v) is 13.7. The Hall–Kier alpha value is -2.57. The average molecular weight is 358 g/mol. The molecule has 7 heteroatoms. The molecule has 0 aliphatic heterocycles. The van der Waals surface area contributed by atoms with E-state index in [2.05, 4.69) is 10.2 Å². The highest BCUT2D eigenvalue weighted by Gasteiger charge is 2.16. The molecule has 0 saturated carbocycles. The van der Waals surface area contributed by atoms with Gasteiger partial charge in [0, 0.05) is 21.5 Å². The van der Waals surface area contributed by atoms with Crippen LogP contribution in [-0.4, -0.2) is 14.6 Å². The standard InChI is InChI=1S/C17H9ClFN3OS/c18-12-7-3-1-5-10(12)14-9-15(23)22-16(20-21-17(22)24-14)11-6-2-4-8-13(11)19/h1-9H. The first-order valence-corrected chi connectivity index (χ1v) is 8.23. The molecule has 0 N–H and O–H groups in total. The van der Waals surface area contributed by atoms with E-state index in [4.69, 9.17) is 11.6 Å². The molecule has 0 saturated heterocycles. The van der Waals surface area contributed by atoms with Gasteiger partial charge in [-0.25, -0.2) is 8.79 Å². The first-order chi connectivity index (χ1) is 11.6. The van der Waals surface area contributed by atoms with Crippen molar-refractivity contribution >= 4 is 27.9 Å². The van der Waals surface area contributed by atoms with Crippen molar-refractivity contribution in [3.63, 3.8) is 0 Å². The first-order valence-electron chi connectivity index (χ1n) is 7.04. The predicted molar refractivity (Wildman–Crippen MR) is 93.0 cm³/mol. The van der Waals surface area contributed by atoms with Gasteiger partial charge in [0.05, 0.1) is 5.56 Å². The SMILES string of the molecule is O=c1cc(-c2ccccc2Cl)sc2nnc(-c3ccccc3F)n12. The van der Waals surface area contributed by atoms with Gasteiger partial charge in [0.1, 0.15) is 5.82 Å². The van der Waals surface area contributed by atoms with Crippen LogP contribution in [0, 0.1) is 5.82 Å². The molecule has 24 heavy (non-hydrogen) atoms. The van der Waals surface area contributed by atoms with Crippen molar-refractivity contribution in [2.45, 2.75) is 0 Å². The molecule has 0 spiro atoms. The van der Waals surface area contributed by atoms with E-state index in [0.717, 1.165) is 5.56 Å². The summed E-state index contributed by atoms with van der Waals surface area (Å²) in [4.78, 5) is 13.6. The van der Waals surface area contributed by atoms with Gasteiger partial charge in [-0.1, -0.05) is 53.3 Å². The quantitative estimate of drug-likeness (QED) is 0.538. The van der Waals surface area contributed by atoms with E-state index in [1.54, 1.807) is 24.3 Å². The Balaban J connectivity index is 1.96. The highest BCUT2D eigenvalue weighted by Crippen LogP contribution is 2.31. The Morgan fingerprint density at radius 2 is 1.71 bits per heavy atom. The lowest BCUT2D eigenvalue weighted by atomic mass is 10.2. The van der Waals surface area contributed by atoms with Crippen LogP contribution in [0.4, 0.5) is 4.39 Å². The van der Waals surface area contributed by atoms with Crippen LogP contribution < -0.4 is 5.56 Å².